The van der Waals surface area contributed by atoms with Gasteiger partial charge in [0.1, 0.15) is 11.5 Å². The van der Waals surface area contributed by atoms with Crippen molar-refractivity contribution in [3.8, 4) is 0 Å². The molecule has 4 heteroatoms. The molecule has 0 spiro atoms. The molecule has 4 nitrogen and oxygen atoms in total. The van der Waals surface area contributed by atoms with E-state index in [2.05, 4.69) is 22.5 Å². The number of amides is 1. The highest BCUT2D eigenvalue weighted by atomic mass is 16.1. The van der Waals surface area contributed by atoms with Crippen molar-refractivity contribution in [1.82, 2.24) is 10.3 Å². The molecule has 0 atom stereocenters. The van der Waals surface area contributed by atoms with Gasteiger partial charge in [0.2, 0.25) is 0 Å². The van der Waals surface area contributed by atoms with Gasteiger partial charge < -0.3 is 10.6 Å². The number of nitrogens with one attached hydrogen (secondary N) is 2. The highest BCUT2D eigenvalue weighted by Gasteiger charge is 2.14. The summed E-state index contributed by atoms with van der Waals surface area (Å²) in [4.78, 5) is 16.4. The summed E-state index contributed by atoms with van der Waals surface area (Å²) in [6, 6.07) is 5.54. The third-order valence-electron chi connectivity index (χ3n) is 4.09. The normalized spacial score (nSPS) is 15.1. The monoisotopic (exact) mass is 289 g/mol. The molecule has 21 heavy (non-hydrogen) atoms. The number of rotatable bonds is 8. The highest BCUT2D eigenvalue weighted by molar-refractivity contribution is 5.92. The number of anilines is 1. The van der Waals surface area contributed by atoms with E-state index in [1.807, 2.05) is 12.1 Å². The maximum Gasteiger partial charge on any atom is 0.269 e. The molecular weight excluding hydrogens is 262 g/mol. The molecule has 0 bridgehead atoms. The first-order valence-electron chi connectivity index (χ1n) is 8.28. The third kappa shape index (κ3) is 5.37. The van der Waals surface area contributed by atoms with Gasteiger partial charge >= 0.3 is 0 Å². The van der Waals surface area contributed by atoms with Crippen molar-refractivity contribution < 1.29 is 4.79 Å². The first-order valence-corrected chi connectivity index (χ1v) is 8.28. The zero-order chi connectivity index (χ0) is 14.9. The fourth-order valence-corrected chi connectivity index (χ4v) is 2.89. The molecule has 0 saturated heterocycles. The van der Waals surface area contributed by atoms with Gasteiger partial charge in [-0.15, -0.1) is 0 Å². The molecular formula is C17H27N3O. The summed E-state index contributed by atoms with van der Waals surface area (Å²) in [6.45, 7) is 3.73. The van der Waals surface area contributed by atoms with E-state index in [-0.39, 0.29) is 5.91 Å². The summed E-state index contributed by atoms with van der Waals surface area (Å²) in [6.07, 6.45) is 8.88. The lowest BCUT2D eigenvalue weighted by atomic mass is 10.0. The number of hydrogen-bond donors (Lipinski definition) is 2. The van der Waals surface area contributed by atoms with Crippen molar-refractivity contribution in [2.45, 2.75) is 51.9 Å². The highest BCUT2D eigenvalue weighted by Crippen LogP contribution is 2.28. The van der Waals surface area contributed by atoms with Crippen LogP contribution in [0.2, 0.25) is 0 Å². The minimum Gasteiger partial charge on any atom is -0.370 e. The van der Waals surface area contributed by atoms with E-state index in [4.69, 9.17) is 0 Å². The molecule has 2 N–H and O–H groups in total. The fraction of sp³-hybridized carbons (Fsp3) is 0.647. The molecule has 1 aromatic heterocycles. The molecule has 1 amide bonds. The van der Waals surface area contributed by atoms with Crippen LogP contribution in [0.1, 0.15) is 62.4 Å². The second-order valence-electron chi connectivity index (χ2n) is 5.88. The van der Waals surface area contributed by atoms with Crippen LogP contribution in [-0.2, 0) is 0 Å². The Morgan fingerprint density at radius 1 is 1.29 bits per heavy atom. The van der Waals surface area contributed by atoms with E-state index in [1.54, 1.807) is 6.07 Å². The number of aromatic nitrogens is 1. The molecule has 0 radical (unpaired) electrons. The van der Waals surface area contributed by atoms with Gasteiger partial charge in [-0.25, -0.2) is 4.98 Å². The predicted molar refractivity (Wildman–Crippen MR) is 86.5 cm³/mol. The first-order chi connectivity index (χ1) is 10.3. The number of nitrogens with zero attached hydrogens (tertiary/aromatic N) is 1. The van der Waals surface area contributed by atoms with E-state index in [0.717, 1.165) is 37.7 Å². The lowest BCUT2D eigenvalue weighted by Crippen LogP contribution is -2.25. The molecule has 1 aliphatic rings. The lowest BCUT2D eigenvalue weighted by Gasteiger charge is -2.10. The quantitative estimate of drug-likeness (QED) is 0.719. The van der Waals surface area contributed by atoms with Gasteiger partial charge in [0.15, 0.2) is 0 Å². The Balaban J connectivity index is 1.71. The van der Waals surface area contributed by atoms with Crippen molar-refractivity contribution in [2.24, 2.45) is 5.92 Å². The third-order valence-corrected chi connectivity index (χ3v) is 4.09. The Labute approximate surface area is 127 Å². The number of pyridine rings is 1. The second-order valence-corrected chi connectivity index (χ2v) is 5.88. The second kappa shape index (κ2) is 8.65. The molecule has 1 fully saturated rings. The molecule has 1 heterocycles. The summed E-state index contributed by atoms with van der Waals surface area (Å²) in [5, 5.41) is 6.18. The van der Waals surface area contributed by atoms with Gasteiger partial charge in [-0.2, -0.15) is 0 Å². The van der Waals surface area contributed by atoms with Gasteiger partial charge in [-0.3, -0.25) is 4.79 Å². The molecule has 0 unspecified atom stereocenters. The zero-order valence-corrected chi connectivity index (χ0v) is 13.0. The van der Waals surface area contributed by atoms with Crippen LogP contribution in [0.3, 0.4) is 0 Å². The topological polar surface area (TPSA) is 54.0 Å². The van der Waals surface area contributed by atoms with Crippen LogP contribution >= 0.6 is 0 Å². The maximum atomic E-state index is 12.1. The molecule has 1 aliphatic carbocycles. The summed E-state index contributed by atoms with van der Waals surface area (Å²) < 4.78 is 0. The standard InChI is InChI=1S/C17H27N3O/c1-2-12-18-16-11-5-10-15(20-16)17(21)19-13-6-9-14-7-3-4-8-14/h5,10-11,14H,2-4,6-9,12-13H2,1H3,(H,18,20)(H,19,21). The van der Waals surface area contributed by atoms with E-state index in [0.29, 0.717) is 5.69 Å². The van der Waals surface area contributed by atoms with Crippen molar-refractivity contribution in [3.63, 3.8) is 0 Å². The SMILES string of the molecule is CCCNc1cccc(C(=O)NCCCC2CCCC2)n1. The number of carbonyl (C=O) groups is 1. The van der Waals surface area contributed by atoms with Crippen LogP contribution in [0.15, 0.2) is 18.2 Å². The van der Waals surface area contributed by atoms with Crippen LogP contribution in [0.25, 0.3) is 0 Å². The summed E-state index contributed by atoms with van der Waals surface area (Å²) >= 11 is 0. The molecule has 0 aromatic carbocycles. The van der Waals surface area contributed by atoms with Crippen molar-refractivity contribution >= 4 is 11.7 Å². The smallest absolute Gasteiger partial charge is 0.269 e. The lowest BCUT2D eigenvalue weighted by molar-refractivity contribution is 0.0947. The summed E-state index contributed by atoms with van der Waals surface area (Å²) in [5.74, 6) is 1.60. The maximum absolute atomic E-state index is 12.1. The van der Waals surface area contributed by atoms with E-state index >= 15 is 0 Å². The van der Waals surface area contributed by atoms with Crippen molar-refractivity contribution in [3.05, 3.63) is 23.9 Å². The van der Waals surface area contributed by atoms with Gasteiger partial charge in [-0.05, 0) is 37.3 Å². The molecule has 1 saturated carbocycles. The summed E-state index contributed by atoms with van der Waals surface area (Å²) in [7, 11) is 0. The zero-order valence-electron chi connectivity index (χ0n) is 13.0. The van der Waals surface area contributed by atoms with E-state index < -0.39 is 0 Å². The van der Waals surface area contributed by atoms with Crippen molar-refractivity contribution in [2.75, 3.05) is 18.4 Å². The molecule has 116 valence electrons. The van der Waals surface area contributed by atoms with Gasteiger partial charge in [0.25, 0.3) is 5.91 Å². The first kappa shape index (κ1) is 15.8. The number of carbonyl (C=O) groups excluding carboxylic acids is 1. The van der Waals surface area contributed by atoms with Gasteiger partial charge in [0, 0.05) is 13.1 Å². The van der Waals surface area contributed by atoms with Crippen LogP contribution in [0, 0.1) is 5.92 Å². The van der Waals surface area contributed by atoms with Crippen LogP contribution < -0.4 is 10.6 Å². The minimum absolute atomic E-state index is 0.0680. The van der Waals surface area contributed by atoms with Crippen molar-refractivity contribution in [1.29, 1.82) is 0 Å². The number of hydrogen-bond acceptors (Lipinski definition) is 3. The molecule has 2 rings (SSSR count). The average Bonchev–Trinajstić information content (AvgIpc) is 3.03. The largest absolute Gasteiger partial charge is 0.370 e. The van der Waals surface area contributed by atoms with E-state index in [1.165, 1.54) is 32.1 Å². The Morgan fingerprint density at radius 2 is 2.10 bits per heavy atom. The Morgan fingerprint density at radius 3 is 2.86 bits per heavy atom. The van der Waals surface area contributed by atoms with E-state index in [9.17, 15) is 4.79 Å². The summed E-state index contributed by atoms with van der Waals surface area (Å²) in [5.41, 5.74) is 0.497. The average molecular weight is 289 g/mol. The van der Waals surface area contributed by atoms with Crippen LogP contribution in [0.5, 0.6) is 0 Å². The van der Waals surface area contributed by atoms with Gasteiger partial charge in [0.05, 0.1) is 0 Å². The van der Waals surface area contributed by atoms with Gasteiger partial charge in [-0.1, -0.05) is 38.7 Å². The fourth-order valence-electron chi connectivity index (χ4n) is 2.89. The van der Waals surface area contributed by atoms with Crippen LogP contribution in [0.4, 0.5) is 5.82 Å². The molecule has 0 aliphatic heterocycles. The predicted octanol–water partition coefficient (Wildman–Crippen LogP) is 3.60. The minimum atomic E-state index is -0.0680. The Bertz CT molecular complexity index is 441. The Kier molecular flexibility index (Phi) is 6.51. The molecule has 1 aromatic rings. The Hall–Kier alpha value is -1.58. The van der Waals surface area contributed by atoms with Crippen LogP contribution in [-0.4, -0.2) is 24.0 Å².